The molecule has 1 fully saturated rings. The van der Waals surface area contributed by atoms with Gasteiger partial charge in [0.05, 0.1) is 22.8 Å². The van der Waals surface area contributed by atoms with Gasteiger partial charge < -0.3 is 9.64 Å². The van der Waals surface area contributed by atoms with E-state index in [1.54, 1.807) is 6.20 Å². The fourth-order valence-electron chi connectivity index (χ4n) is 4.53. The molecule has 2 atom stereocenters. The quantitative estimate of drug-likeness (QED) is 0.583. The predicted octanol–water partition coefficient (Wildman–Crippen LogP) is 5.00. The van der Waals surface area contributed by atoms with Crippen LogP contribution in [0.15, 0.2) is 42.7 Å². The fraction of sp³-hybridized carbons (Fsp3) is 0.320. The Balaban J connectivity index is 1.46. The highest BCUT2D eigenvalue weighted by atomic mass is 35.5. The number of aromatic nitrogens is 2. The normalized spacial score (nSPS) is 19.7. The van der Waals surface area contributed by atoms with Gasteiger partial charge in [-0.25, -0.2) is 0 Å². The first-order valence-electron chi connectivity index (χ1n) is 10.6. The maximum atomic E-state index is 13.2. The number of carbonyl (C=O) groups is 1. The van der Waals surface area contributed by atoms with Crippen LogP contribution in [-0.4, -0.2) is 39.5 Å². The second-order valence-corrected chi connectivity index (χ2v) is 8.93. The van der Waals surface area contributed by atoms with E-state index >= 15 is 0 Å². The second kappa shape index (κ2) is 7.65. The first kappa shape index (κ1) is 20.0. The molecule has 1 amide bonds. The zero-order chi connectivity index (χ0) is 21.7. The molecule has 1 aromatic carbocycles. The van der Waals surface area contributed by atoms with Gasteiger partial charge in [-0.05, 0) is 68.1 Å². The van der Waals surface area contributed by atoms with Crippen molar-refractivity contribution in [2.75, 3.05) is 6.54 Å². The Morgan fingerprint density at radius 3 is 2.77 bits per heavy atom. The highest BCUT2D eigenvalue weighted by molar-refractivity contribution is 6.33. The van der Waals surface area contributed by atoms with Gasteiger partial charge in [-0.3, -0.25) is 14.8 Å². The molecule has 3 aromatic rings. The molecule has 5 rings (SSSR count). The minimum atomic E-state index is 0.00665. The summed E-state index contributed by atoms with van der Waals surface area (Å²) in [5.41, 5.74) is 6.51. The van der Waals surface area contributed by atoms with Crippen molar-refractivity contribution in [3.05, 3.63) is 75.7 Å². The molecule has 6 heteroatoms. The first-order valence-corrected chi connectivity index (χ1v) is 11.0. The van der Waals surface area contributed by atoms with Crippen LogP contribution >= 0.6 is 11.6 Å². The summed E-state index contributed by atoms with van der Waals surface area (Å²) in [6, 6.07) is 10.2. The number of fused-ring (bicyclic) bond motifs is 3. The number of hydrogen-bond acceptors (Lipinski definition) is 4. The highest BCUT2D eigenvalue weighted by Crippen LogP contribution is 2.41. The summed E-state index contributed by atoms with van der Waals surface area (Å²) in [6.45, 7) is 6.65. The summed E-state index contributed by atoms with van der Waals surface area (Å²) < 4.78 is 6.17. The minimum absolute atomic E-state index is 0.00665. The van der Waals surface area contributed by atoms with Crippen molar-refractivity contribution in [3.63, 3.8) is 0 Å². The molecule has 0 radical (unpaired) electrons. The minimum Gasteiger partial charge on any atom is -0.486 e. The van der Waals surface area contributed by atoms with Crippen molar-refractivity contribution >= 4 is 17.5 Å². The number of carbonyl (C=O) groups excluding carboxylic acids is 1. The van der Waals surface area contributed by atoms with Gasteiger partial charge in [0.2, 0.25) is 0 Å². The maximum absolute atomic E-state index is 13.2. The fourth-order valence-corrected chi connectivity index (χ4v) is 4.80. The van der Waals surface area contributed by atoms with Gasteiger partial charge in [0.25, 0.3) is 5.91 Å². The lowest BCUT2D eigenvalue weighted by atomic mass is 9.97. The molecule has 5 nitrogen and oxygen atoms in total. The summed E-state index contributed by atoms with van der Waals surface area (Å²) >= 11 is 6.70. The Morgan fingerprint density at radius 2 is 2.03 bits per heavy atom. The Morgan fingerprint density at radius 1 is 1.19 bits per heavy atom. The summed E-state index contributed by atoms with van der Waals surface area (Å²) in [5, 5.41) is 0.541. The molecule has 2 aliphatic heterocycles. The molecule has 0 spiro atoms. The zero-order valence-electron chi connectivity index (χ0n) is 17.9. The number of halogens is 1. The lowest BCUT2D eigenvalue weighted by Crippen LogP contribution is -2.33. The number of nitrogens with zero attached hydrogens (tertiary/aromatic N) is 3. The Kier molecular flexibility index (Phi) is 4.94. The Hall–Kier alpha value is -2.92. The van der Waals surface area contributed by atoms with E-state index in [0.717, 1.165) is 40.1 Å². The molecule has 0 N–H and O–H groups in total. The smallest absolute Gasteiger partial charge is 0.258 e. The van der Waals surface area contributed by atoms with Crippen molar-refractivity contribution in [2.24, 2.45) is 0 Å². The van der Waals surface area contributed by atoms with E-state index in [-0.39, 0.29) is 18.1 Å². The topological polar surface area (TPSA) is 55.3 Å². The van der Waals surface area contributed by atoms with E-state index in [1.807, 2.05) is 49.2 Å². The number of pyridine rings is 2. The van der Waals surface area contributed by atoms with Crippen molar-refractivity contribution in [3.8, 4) is 17.0 Å². The monoisotopic (exact) mass is 433 g/mol. The van der Waals surface area contributed by atoms with Gasteiger partial charge in [-0.2, -0.15) is 0 Å². The summed E-state index contributed by atoms with van der Waals surface area (Å²) in [6.07, 6.45) is 5.18. The van der Waals surface area contributed by atoms with Crippen LogP contribution < -0.4 is 4.74 Å². The number of hydrogen-bond donors (Lipinski definition) is 0. The Labute approximate surface area is 187 Å². The van der Waals surface area contributed by atoms with Crippen LogP contribution in [0.25, 0.3) is 11.3 Å². The molecule has 1 unspecified atom stereocenters. The largest absolute Gasteiger partial charge is 0.486 e. The van der Waals surface area contributed by atoms with Crippen LogP contribution in [0.4, 0.5) is 0 Å². The molecule has 31 heavy (non-hydrogen) atoms. The van der Waals surface area contributed by atoms with Crippen LogP contribution in [0.2, 0.25) is 5.02 Å². The average molecular weight is 434 g/mol. The van der Waals surface area contributed by atoms with E-state index in [1.165, 1.54) is 0 Å². The van der Waals surface area contributed by atoms with Crippen molar-refractivity contribution in [1.29, 1.82) is 0 Å². The molecule has 2 bridgehead atoms. The molecule has 1 saturated heterocycles. The second-order valence-electron chi connectivity index (χ2n) is 8.55. The molecule has 0 saturated carbocycles. The van der Waals surface area contributed by atoms with Crippen LogP contribution in [-0.2, 0) is 6.42 Å². The van der Waals surface area contributed by atoms with Crippen LogP contribution in [0.5, 0.6) is 5.75 Å². The molecule has 2 aromatic heterocycles. The molecule has 158 valence electrons. The SMILES string of the molecule is Cc1cc(-c2ccc(Cc3cc4c(c(Cl)c3C)OC3C[C@H](C)N(C3)C4=O)cn2)ccn1. The number of amides is 1. The number of rotatable bonds is 3. The van der Waals surface area contributed by atoms with Crippen molar-refractivity contribution in [2.45, 2.75) is 45.8 Å². The van der Waals surface area contributed by atoms with Crippen molar-refractivity contribution < 1.29 is 9.53 Å². The lowest BCUT2D eigenvalue weighted by molar-refractivity contribution is 0.0748. The van der Waals surface area contributed by atoms with Gasteiger partial charge in [0, 0.05) is 36.1 Å². The van der Waals surface area contributed by atoms with Gasteiger partial charge in [-0.1, -0.05) is 17.7 Å². The zero-order valence-corrected chi connectivity index (χ0v) is 18.6. The Bertz CT molecular complexity index is 1180. The van der Waals surface area contributed by atoms with Gasteiger partial charge in [-0.15, -0.1) is 0 Å². The van der Waals surface area contributed by atoms with E-state index < -0.39 is 0 Å². The average Bonchev–Trinajstić information content (AvgIpc) is 3.06. The third-order valence-corrected chi connectivity index (χ3v) is 6.75. The highest BCUT2D eigenvalue weighted by Gasteiger charge is 2.40. The lowest BCUT2D eigenvalue weighted by Gasteiger charge is -2.23. The molecular weight excluding hydrogens is 410 g/mol. The van der Waals surface area contributed by atoms with E-state index in [0.29, 0.717) is 29.3 Å². The third kappa shape index (κ3) is 3.57. The van der Waals surface area contributed by atoms with E-state index in [9.17, 15) is 4.79 Å². The maximum Gasteiger partial charge on any atom is 0.258 e. The number of benzene rings is 1. The number of aryl methyl sites for hydroxylation is 1. The van der Waals surface area contributed by atoms with E-state index in [4.69, 9.17) is 16.3 Å². The summed E-state index contributed by atoms with van der Waals surface area (Å²) in [7, 11) is 0. The molecular formula is C25H24ClN3O2. The van der Waals surface area contributed by atoms with Crippen LogP contribution in [0, 0.1) is 13.8 Å². The first-order chi connectivity index (χ1) is 14.9. The van der Waals surface area contributed by atoms with Crippen molar-refractivity contribution in [1.82, 2.24) is 14.9 Å². The molecule has 0 aliphatic carbocycles. The third-order valence-electron chi connectivity index (χ3n) is 6.30. The summed E-state index contributed by atoms with van der Waals surface area (Å²) in [4.78, 5) is 24.0. The van der Waals surface area contributed by atoms with Gasteiger partial charge in [0.1, 0.15) is 6.10 Å². The van der Waals surface area contributed by atoms with Gasteiger partial charge in [0.15, 0.2) is 5.75 Å². The molecule has 2 aliphatic rings. The van der Waals surface area contributed by atoms with E-state index in [2.05, 4.69) is 23.0 Å². The number of ether oxygens (including phenoxy) is 1. The van der Waals surface area contributed by atoms with Gasteiger partial charge >= 0.3 is 0 Å². The standard InChI is InChI=1S/C25H24ClN3O2/c1-14-8-18(6-7-27-14)22-5-4-17(12-28-22)10-19-11-21-24(23(26)16(19)3)31-20-9-15(2)29(13-20)25(21)30/h4-8,11-12,15,20H,9-10,13H2,1-3H3/t15-,20?/m0/s1. The van der Waals surface area contributed by atoms with Crippen LogP contribution in [0.3, 0.4) is 0 Å². The van der Waals surface area contributed by atoms with Crippen LogP contribution in [0.1, 0.15) is 46.1 Å². The molecule has 4 heterocycles. The predicted molar refractivity (Wildman–Crippen MR) is 121 cm³/mol. The summed E-state index contributed by atoms with van der Waals surface area (Å²) in [5.74, 6) is 0.543.